The number of nitrogens with one attached hydrogen (secondary N) is 2. The molecule has 0 radical (unpaired) electrons. The lowest BCUT2D eigenvalue weighted by atomic mass is 10.0. The second kappa shape index (κ2) is 5.69. The number of H-pyrrole nitrogens is 1. The van der Waals surface area contributed by atoms with Crippen LogP contribution in [0.5, 0.6) is 0 Å². The molecule has 1 atom stereocenters. The van der Waals surface area contributed by atoms with Crippen molar-refractivity contribution in [2.75, 3.05) is 0 Å². The van der Waals surface area contributed by atoms with E-state index < -0.39 is 0 Å². The number of carbonyl (C=O) groups excluding carboxylic acids is 1. The summed E-state index contributed by atoms with van der Waals surface area (Å²) in [6.07, 6.45) is 4.26. The number of hydrogen-bond donors (Lipinski definition) is 2. The van der Waals surface area contributed by atoms with Gasteiger partial charge in [0.25, 0.3) is 5.91 Å². The Labute approximate surface area is 113 Å². The number of benzene rings is 1. The molecule has 1 aromatic heterocycles. The maximum absolute atomic E-state index is 12.3. The minimum atomic E-state index is -0.0811. The van der Waals surface area contributed by atoms with Gasteiger partial charge in [0.15, 0.2) is 0 Å². The highest BCUT2D eigenvalue weighted by Crippen LogP contribution is 2.15. The third kappa shape index (κ3) is 3.02. The number of aromatic nitrogens is 2. The molecule has 1 unspecified atom stereocenters. The van der Waals surface area contributed by atoms with Crippen LogP contribution >= 0.6 is 0 Å². The topological polar surface area (TPSA) is 57.8 Å². The van der Waals surface area contributed by atoms with Crippen LogP contribution in [0.25, 0.3) is 0 Å². The summed E-state index contributed by atoms with van der Waals surface area (Å²) < 4.78 is 0. The molecule has 4 heteroatoms. The first-order valence-corrected chi connectivity index (χ1v) is 6.49. The van der Waals surface area contributed by atoms with Gasteiger partial charge in [-0.1, -0.05) is 24.6 Å². The van der Waals surface area contributed by atoms with Crippen molar-refractivity contribution in [2.45, 2.75) is 33.2 Å². The second-order valence-corrected chi connectivity index (χ2v) is 4.73. The third-order valence-electron chi connectivity index (χ3n) is 3.20. The Bertz CT molecular complexity index is 561. The van der Waals surface area contributed by atoms with Gasteiger partial charge >= 0.3 is 0 Å². The summed E-state index contributed by atoms with van der Waals surface area (Å²) in [5, 5.41) is 3.02. The van der Waals surface area contributed by atoms with E-state index in [1.807, 2.05) is 39.0 Å². The molecular weight excluding hydrogens is 238 g/mol. The van der Waals surface area contributed by atoms with E-state index in [1.165, 1.54) is 0 Å². The monoisotopic (exact) mass is 257 g/mol. The van der Waals surface area contributed by atoms with E-state index in [9.17, 15) is 4.79 Å². The lowest BCUT2D eigenvalue weighted by molar-refractivity contribution is 0.0933. The fourth-order valence-corrected chi connectivity index (χ4v) is 2.05. The molecule has 2 N–H and O–H groups in total. The maximum Gasteiger partial charge on any atom is 0.252 e. The standard InChI is InChI=1S/C15H19N3O/c1-4-13(14-16-7-8-17-14)18-15(19)12-9-10(2)5-6-11(12)3/h5-9,13H,4H2,1-3H3,(H,16,17)(H,18,19). The lowest BCUT2D eigenvalue weighted by Crippen LogP contribution is -2.29. The van der Waals surface area contributed by atoms with Crippen LogP contribution in [-0.2, 0) is 0 Å². The summed E-state index contributed by atoms with van der Waals surface area (Å²) in [6.45, 7) is 5.96. The Morgan fingerprint density at radius 2 is 2.21 bits per heavy atom. The molecular formula is C15H19N3O. The van der Waals surface area contributed by atoms with Crippen molar-refractivity contribution in [1.82, 2.24) is 15.3 Å². The molecule has 0 aliphatic heterocycles. The molecule has 0 bridgehead atoms. The molecule has 0 aliphatic carbocycles. The number of nitrogens with zero attached hydrogens (tertiary/aromatic N) is 1. The summed E-state index contributed by atoms with van der Waals surface area (Å²) >= 11 is 0. The number of aryl methyl sites for hydroxylation is 2. The molecule has 2 aromatic rings. The van der Waals surface area contributed by atoms with Gasteiger partial charge in [0, 0.05) is 18.0 Å². The minimum absolute atomic E-state index is 0.0514. The molecule has 1 aromatic carbocycles. The van der Waals surface area contributed by atoms with Crippen LogP contribution in [0.4, 0.5) is 0 Å². The highest BCUT2D eigenvalue weighted by Gasteiger charge is 2.17. The van der Waals surface area contributed by atoms with E-state index >= 15 is 0 Å². The Morgan fingerprint density at radius 3 is 2.84 bits per heavy atom. The van der Waals surface area contributed by atoms with Crippen molar-refractivity contribution < 1.29 is 4.79 Å². The summed E-state index contributed by atoms with van der Waals surface area (Å²) in [5.74, 6) is 0.741. The number of amides is 1. The van der Waals surface area contributed by atoms with Gasteiger partial charge < -0.3 is 10.3 Å². The first-order valence-electron chi connectivity index (χ1n) is 6.49. The summed E-state index contributed by atoms with van der Waals surface area (Å²) in [5.41, 5.74) is 2.80. The lowest BCUT2D eigenvalue weighted by Gasteiger charge is -2.16. The van der Waals surface area contributed by atoms with Gasteiger partial charge in [-0.2, -0.15) is 0 Å². The number of aromatic amines is 1. The normalized spacial score (nSPS) is 12.2. The Kier molecular flexibility index (Phi) is 4.00. The van der Waals surface area contributed by atoms with Crippen molar-refractivity contribution in [3.8, 4) is 0 Å². The fraction of sp³-hybridized carbons (Fsp3) is 0.333. The van der Waals surface area contributed by atoms with Crippen LogP contribution < -0.4 is 5.32 Å². The average Bonchev–Trinajstić information content (AvgIpc) is 2.92. The zero-order chi connectivity index (χ0) is 13.8. The number of carbonyl (C=O) groups is 1. The average molecular weight is 257 g/mol. The van der Waals surface area contributed by atoms with E-state index in [1.54, 1.807) is 12.4 Å². The van der Waals surface area contributed by atoms with Crippen LogP contribution in [0, 0.1) is 13.8 Å². The third-order valence-corrected chi connectivity index (χ3v) is 3.20. The van der Waals surface area contributed by atoms with E-state index in [0.717, 1.165) is 28.9 Å². The maximum atomic E-state index is 12.3. The number of imidazole rings is 1. The Morgan fingerprint density at radius 1 is 1.42 bits per heavy atom. The van der Waals surface area contributed by atoms with Crippen molar-refractivity contribution in [3.05, 3.63) is 53.1 Å². The number of hydrogen-bond acceptors (Lipinski definition) is 2. The molecule has 0 saturated carbocycles. The van der Waals surface area contributed by atoms with Crippen LogP contribution in [-0.4, -0.2) is 15.9 Å². The van der Waals surface area contributed by atoms with Crippen molar-refractivity contribution >= 4 is 5.91 Å². The van der Waals surface area contributed by atoms with Gasteiger partial charge in [-0.15, -0.1) is 0 Å². The predicted octanol–water partition coefficient (Wildman–Crippen LogP) is 2.91. The Balaban J connectivity index is 2.18. The molecule has 0 aliphatic rings. The van der Waals surface area contributed by atoms with E-state index in [0.29, 0.717) is 0 Å². The van der Waals surface area contributed by atoms with Crippen molar-refractivity contribution in [2.24, 2.45) is 0 Å². The van der Waals surface area contributed by atoms with Crippen molar-refractivity contribution in [1.29, 1.82) is 0 Å². The van der Waals surface area contributed by atoms with E-state index in [4.69, 9.17) is 0 Å². The molecule has 4 nitrogen and oxygen atoms in total. The first-order chi connectivity index (χ1) is 9.11. The molecule has 2 rings (SSSR count). The minimum Gasteiger partial charge on any atom is -0.347 e. The van der Waals surface area contributed by atoms with Gasteiger partial charge in [0.2, 0.25) is 0 Å². The largest absolute Gasteiger partial charge is 0.347 e. The molecule has 1 heterocycles. The Hall–Kier alpha value is -2.10. The molecule has 19 heavy (non-hydrogen) atoms. The van der Waals surface area contributed by atoms with Gasteiger partial charge in [-0.05, 0) is 31.9 Å². The predicted molar refractivity (Wildman–Crippen MR) is 75.0 cm³/mol. The molecule has 0 fully saturated rings. The van der Waals surface area contributed by atoms with E-state index in [2.05, 4.69) is 15.3 Å². The van der Waals surface area contributed by atoms with Gasteiger partial charge in [-0.25, -0.2) is 4.98 Å². The summed E-state index contributed by atoms with van der Waals surface area (Å²) in [7, 11) is 0. The molecule has 0 saturated heterocycles. The SMILES string of the molecule is CCC(NC(=O)c1cc(C)ccc1C)c1ncc[nH]1. The molecule has 100 valence electrons. The zero-order valence-corrected chi connectivity index (χ0v) is 11.5. The van der Waals surface area contributed by atoms with Crippen LogP contribution in [0.3, 0.4) is 0 Å². The number of rotatable bonds is 4. The van der Waals surface area contributed by atoms with E-state index in [-0.39, 0.29) is 11.9 Å². The molecule has 1 amide bonds. The first kappa shape index (κ1) is 13.3. The smallest absolute Gasteiger partial charge is 0.252 e. The zero-order valence-electron chi connectivity index (χ0n) is 11.5. The van der Waals surface area contributed by atoms with Crippen LogP contribution in [0.1, 0.15) is 46.7 Å². The van der Waals surface area contributed by atoms with Crippen LogP contribution in [0.2, 0.25) is 0 Å². The fourth-order valence-electron chi connectivity index (χ4n) is 2.05. The quantitative estimate of drug-likeness (QED) is 0.884. The highest BCUT2D eigenvalue weighted by molar-refractivity contribution is 5.96. The van der Waals surface area contributed by atoms with Crippen molar-refractivity contribution in [3.63, 3.8) is 0 Å². The molecule has 0 spiro atoms. The van der Waals surface area contributed by atoms with Gasteiger partial charge in [0.05, 0.1) is 6.04 Å². The van der Waals surface area contributed by atoms with Crippen LogP contribution in [0.15, 0.2) is 30.6 Å². The van der Waals surface area contributed by atoms with Gasteiger partial charge in [-0.3, -0.25) is 4.79 Å². The second-order valence-electron chi connectivity index (χ2n) is 4.73. The van der Waals surface area contributed by atoms with Gasteiger partial charge in [0.1, 0.15) is 5.82 Å². The summed E-state index contributed by atoms with van der Waals surface area (Å²) in [4.78, 5) is 19.6. The highest BCUT2D eigenvalue weighted by atomic mass is 16.1. The summed E-state index contributed by atoms with van der Waals surface area (Å²) in [6, 6.07) is 5.82.